The molecule has 0 spiro atoms. The van der Waals surface area contributed by atoms with E-state index in [0.29, 0.717) is 0 Å². The number of benzene rings is 2. The third kappa shape index (κ3) is 4.03. The Bertz CT molecular complexity index is 563. The lowest BCUT2D eigenvalue weighted by molar-refractivity contribution is -0.106. The van der Waals surface area contributed by atoms with E-state index >= 15 is 0 Å². The molecule has 5 heteroatoms. The second kappa shape index (κ2) is 7.54. The van der Waals surface area contributed by atoms with E-state index in [9.17, 15) is 8.78 Å². The number of halogens is 2. The minimum absolute atomic E-state index is 0.0956. The summed E-state index contributed by atoms with van der Waals surface area (Å²) in [5.41, 5.74) is 0.986. The molecular formula is C16H16F2O2S. The van der Waals surface area contributed by atoms with Crippen LogP contribution in [-0.4, -0.2) is 14.2 Å². The molecule has 0 radical (unpaired) electrons. The van der Waals surface area contributed by atoms with Crippen LogP contribution in [0.25, 0.3) is 0 Å². The van der Waals surface area contributed by atoms with Gasteiger partial charge in [0, 0.05) is 36.0 Å². The predicted octanol–water partition coefficient (Wildman–Crippen LogP) is 4.55. The minimum atomic E-state index is -0.516. The number of ether oxygens (including phenoxy) is 2. The molecular weight excluding hydrogens is 294 g/mol. The molecule has 2 nitrogen and oxygen atoms in total. The normalized spacial score (nSPS) is 11.1. The molecule has 0 amide bonds. The van der Waals surface area contributed by atoms with E-state index in [-0.39, 0.29) is 11.3 Å². The molecule has 0 heterocycles. The summed E-state index contributed by atoms with van der Waals surface area (Å²) in [6.07, 6.45) is -0.409. The molecule has 112 valence electrons. The number of hydrogen-bond acceptors (Lipinski definition) is 3. The molecule has 0 aliphatic rings. The number of thioether (sulfide) groups is 1. The maximum atomic E-state index is 13.5. The van der Waals surface area contributed by atoms with Gasteiger partial charge >= 0.3 is 0 Å². The van der Waals surface area contributed by atoms with Crippen LogP contribution in [0.5, 0.6) is 0 Å². The van der Waals surface area contributed by atoms with Crippen molar-refractivity contribution in [2.75, 3.05) is 14.2 Å². The van der Waals surface area contributed by atoms with Gasteiger partial charge in [0.1, 0.15) is 11.6 Å². The largest absolute Gasteiger partial charge is 0.352 e. The SMILES string of the molecule is COC(OC)c1ccc(SCc2c(F)cccc2F)cc1. The molecule has 0 saturated heterocycles. The lowest BCUT2D eigenvalue weighted by atomic mass is 10.2. The monoisotopic (exact) mass is 310 g/mol. The first-order valence-electron chi connectivity index (χ1n) is 6.37. The zero-order valence-corrected chi connectivity index (χ0v) is 12.6. The molecule has 0 saturated carbocycles. The summed E-state index contributed by atoms with van der Waals surface area (Å²) in [5.74, 6) is -0.786. The fraction of sp³-hybridized carbons (Fsp3) is 0.250. The van der Waals surface area contributed by atoms with Gasteiger partial charge in [-0.15, -0.1) is 11.8 Å². The first-order chi connectivity index (χ1) is 10.2. The van der Waals surface area contributed by atoms with E-state index < -0.39 is 17.9 Å². The smallest absolute Gasteiger partial charge is 0.183 e. The minimum Gasteiger partial charge on any atom is -0.352 e. The zero-order chi connectivity index (χ0) is 15.2. The van der Waals surface area contributed by atoms with Crippen molar-refractivity contribution >= 4 is 11.8 Å². The molecule has 0 unspecified atom stereocenters. The summed E-state index contributed by atoms with van der Waals surface area (Å²) in [5, 5.41) is 0. The number of hydrogen-bond donors (Lipinski definition) is 0. The third-order valence-corrected chi connectivity index (χ3v) is 4.06. The van der Waals surface area contributed by atoms with Crippen molar-refractivity contribution in [2.45, 2.75) is 16.9 Å². The Labute approximate surface area is 127 Å². The van der Waals surface area contributed by atoms with Gasteiger partial charge in [0.15, 0.2) is 6.29 Å². The van der Waals surface area contributed by atoms with E-state index in [0.717, 1.165) is 10.5 Å². The lowest BCUT2D eigenvalue weighted by Gasteiger charge is -2.13. The van der Waals surface area contributed by atoms with Crippen LogP contribution in [-0.2, 0) is 15.2 Å². The van der Waals surface area contributed by atoms with Crippen LogP contribution in [0, 0.1) is 11.6 Å². The van der Waals surface area contributed by atoms with Gasteiger partial charge in [0.2, 0.25) is 0 Å². The number of methoxy groups -OCH3 is 2. The van der Waals surface area contributed by atoms with Gasteiger partial charge in [-0.05, 0) is 24.3 Å². The molecule has 0 aromatic heterocycles. The van der Waals surface area contributed by atoms with Crippen molar-refractivity contribution in [3.63, 3.8) is 0 Å². The van der Waals surface area contributed by atoms with Crippen LogP contribution in [0.1, 0.15) is 17.4 Å². The highest BCUT2D eigenvalue weighted by molar-refractivity contribution is 7.98. The first kappa shape index (κ1) is 15.9. The fourth-order valence-corrected chi connectivity index (χ4v) is 2.83. The van der Waals surface area contributed by atoms with Crippen molar-refractivity contribution < 1.29 is 18.3 Å². The molecule has 21 heavy (non-hydrogen) atoms. The van der Waals surface area contributed by atoms with Crippen LogP contribution >= 0.6 is 11.8 Å². The van der Waals surface area contributed by atoms with E-state index in [2.05, 4.69) is 0 Å². The molecule has 2 rings (SSSR count). The van der Waals surface area contributed by atoms with Gasteiger partial charge in [-0.2, -0.15) is 0 Å². The average Bonchev–Trinajstić information content (AvgIpc) is 2.49. The fourth-order valence-electron chi connectivity index (χ4n) is 1.92. The Balaban J connectivity index is 2.04. The summed E-state index contributed by atoms with van der Waals surface area (Å²) < 4.78 is 37.4. The highest BCUT2D eigenvalue weighted by Gasteiger charge is 2.10. The first-order valence-corrected chi connectivity index (χ1v) is 7.35. The lowest BCUT2D eigenvalue weighted by Crippen LogP contribution is -2.03. The van der Waals surface area contributed by atoms with Crippen molar-refractivity contribution in [3.8, 4) is 0 Å². The summed E-state index contributed by atoms with van der Waals surface area (Å²) in [7, 11) is 3.13. The second-order valence-corrected chi connectivity index (χ2v) is 5.41. The van der Waals surface area contributed by atoms with Gasteiger partial charge in [-0.25, -0.2) is 8.78 Å². The van der Waals surface area contributed by atoms with Crippen LogP contribution in [0.15, 0.2) is 47.4 Å². The van der Waals surface area contributed by atoms with Gasteiger partial charge in [-0.1, -0.05) is 18.2 Å². The maximum Gasteiger partial charge on any atom is 0.183 e. The van der Waals surface area contributed by atoms with E-state index in [1.165, 1.54) is 30.0 Å². The van der Waals surface area contributed by atoms with Gasteiger partial charge in [0.25, 0.3) is 0 Å². The Hall–Kier alpha value is -1.43. The van der Waals surface area contributed by atoms with Crippen LogP contribution < -0.4 is 0 Å². The summed E-state index contributed by atoms with van der Waals surface area (Å²) >= 11 is 1.38. The Morgan fingerprint density at radius 3 is 2.05 bits per heavy atom. The highest BCUT2D eigenvalue weighted by atomic mass is 32.2. The predicted molar refractivity (Wildman–Crippen MR) is 79.1 cm³/mol. The maximum absolute atomic E-state index is 13.5. The van der Waals surface area contributed by atoms with Crippen molar-refractivity contribution in [1.82, 2.24) is 0 Å². The second-order valence-electron chi connectivity index (χ2n) is 4.36. The quantitative estimate of drug-likeness (QED) is 0.576. The topological polar surface area (TPSA) is 18.5 Å². The molecule has 2 aromatic carbocycles. The molecule has 0 N–H and O–H groups in total. The third-order valence-electron chi connectivity index (χ3n) is 3.03. The van der Waals surface area contributed by atoms with Gasteiger partial charge in [-0.3, -0.25) is 0 Å². The van der Waals surface area contributed by atoms with Crippen molar-refractivity contribution in [3.05, 3.63) is 65.2 Å². The van der Waals surface area contributed by atoms with E-state index in [1.807, 2.05) is 24.3 Å². The van der Waals surface area contributed by atoms with E-state index in [1.54, 1.807) is 14.2 Å². The molecule has 2 aromatic rings. The van der Waals surface area contributed by atoms with Crippen molar-refractivity contribution in [1.29, 1.82) is 0 Å². The summed E-state index contributed by atoms with van der Waals surface area (Å²) in [6.45, 7) is 0. The summed E-state index contributed by atoms with van der Waals surface area (Å²) in [6, 6.07) is 11.4. The van der Waals surface area contributed by atoms with Gasteiger partial charge in [0.05, 0.1) is 0 Å². The molecule has 0 aliphatic carbocycles. The number of rotatable bonds is 6. The Morgan fingerprint density at radius 1 is 0.952 bits per heavy atom. The van der Waals surface area contributed by atoms with Crippen molar-refractivity contribution in [2.24, 2.45) is 0 Å². The van der Waals surface area contributed by atoms with Crippen LogP contribution in [0.3, 0.4) is 0 Å². The molecule has 0 atom stereocenters. The standard InChI is InChI=1S/C16H16F2O2S/c1-19-16(20-2)11-6-8-12(9-7-11)21-10-13-14(17)4-3-5-15(13)18/h3-9,16H,10H2,1-2H3. The van der Waals surface area contributed by atoms with Crippen LogP contribution in [0.2, 0.25) is 0 Å². The van der Waals surface area contributed by atoms with Crippen LogP contribution in [0.4, 0.5) is 8.78 Å². The van der Waals surface area contributed by atoms with E-state index in [4.69, 9.17) is 9.47 Å². The molecule has 0 fully saturated rings. The zero-order valence-electron chi connectivity index (χ0n) is 11.8. The molecule has 0 aliphatic heterocycles. The summed E-state index contributed by atoms with van der Waals surface area (Å²) in [4.78, 5) is 0.923. The van der Waals surface area contributed by atoms with Gasteiger partial charge < -0.3 is 9.47 Å². The average molecular weight is 310 g/mol. The Kier molecular flexibility index (Phi) is 5.73. The highest BCUT2D eigenvalue weighted by Crippen LogP contribution is 2.27. The molecule has 0 bridgehead atoms. The Morgan fingerprint density at radius 2 is 1.52 bits per heavy atom.